The van der Waals surface area contributed by atoms with Gasteiger partial charge in [0.15, 0.2) is 17.5 Å². The lowest BCUT2D eigenvalue weighted by atomic mass is 10.1. The average molecular weight is 447 g/mol. The Balaban J connectivity index is 0.00000288. The molecule has 24 heavy (non-hydrogen) atoms. The number of aromatic nitrogens is 4. The van der Waals surface area contributed by atoms with Crippen molar-refractivity contribution in [3.63, 3.8) is 0 Å². The molecular formula is C15H26IN7O. The second-order valence-corrected chi connectivity index (χ2v) is 5.45. The highest BCUT2D eigenvalue weighted by Crippen LogP contribution is 2.13. The average Bonchev–Trinajstić information content (AvgIpc) is 3.18. The van der Waals surface area contributed by atoms with Gasteiger partial charge in [0.05, 0.1) is 12.2 Å². The molecule has 0 radical (unpaired) electrons. The smallest absolute Gasteiger partial charge is 0.192 e. The van der Waals surface area contributed by atoms with Crippen molar-refractivity contribution in [1.29, 1.82) is 0 Å². The van der Waals surface area contributed by atoms with E-state index < -0.39 is 0 Å². The summed E-state index contributed by atoms with van der Waals surface area (Å²) in [7, 11) is 0. The zero-order valence-electron chi connectivity index (χ0n) is 14.6. The van der Waals surface area contributed by atoms with Crippen molar-refractivity contribution >= 4 is 29.9 Å². The first-order chi connectivity index (χ1) is 11.1. The summed E-state index contributed by atoms with van der Waals surface area (Å²) in [5.41, 5.74) is 0.958. The highest BCUT2D eigenvalue weighted by Gasteiger charge is 2.08. The first kappa shape index (κ1) is 20.4. The third-order valence-electron chi connectivity index (χ3n) is 3.36. The number of aliphatic imine (C=N–C) groups is 1. The number of guanidine groups is 1. The van der Waals surface area contributed by atoms with Crippen LogP contribution in [0.5, 0.6) is 0 Å². The van der Waals surface area contributed by atoms with Crippen LogP contribution in [0.15, 0.2) is 21.9 Å². The summed E-state index contributed by atoms with van der Waals surface area (Å²) >= 11 is 0. The summed E-state index contributed by atoms with van der Waals surface area (Å²) in [6, 6.07) is 1.97. The molecule has 0 aromatic carbocycles. The van der Waals surface area contributed by atoms with E-state index >= 15 is 0 Å². The normalized spacial score (nSPS) is 11.5. The van der Waals surface area contributed by atoms with Crippen molar-refractivity contribution in [3.8, 4) is 0 Å². The van der Waals surface area contributed by atoms with E-state index in [0.717, 1.165) is 30.4 Å². The van der Waals surface area contributed by atoms with Crippen LogP contribution in [0.4, 0.5) is 0 Å². The number of halogens is 1. The first-order valence-electron chi connectivity index (χ1n) is 7.98. The fourth-order valence-electron chi connectivity index (χ4n) is 2.01. The van der Waals surface area contributed by atoms with Crippen LogP contribution in [0.1, 0.15) is 50.9 Å². The summed E-state index contributed by atoms with van der Waals surface area (Å²) in [6.07, 6.45) is 1.72. The van der Waals surface area contributed by atoms with Crippen LogP contribution >= 0.6 is 24.0 Å². The molecule has 2 rings (SSSR count). The number of rotatable bonds is 7. The molecule has 0 spiro atoms. The van der Waals surface area contributed by atoms with Crippen molar-refractivity contribution in [3.05, 3.63) is 29.7 Å². The van der Waals surface area contributed by atoms with E-state index in [-0.39, 0.29) is 24.0 Å². The van der Waals surface area contributed by atoms with E-state index in [4.69, 9.17) is 4.52 Å². The highest BCUT2D eigenvalue weighted by atomic mass is 127. The van der Waals surface area contributed by atoms with Gasteiger partial charge >= 0.3 is 0 Å². The molecule has 0 saturated heterocycles. The fraction of sp³-hybridized carbons (Fsp3) is 0.600. The lowest BCUT2D eigenvalue weighted by molar-refractivity contribution is 0.372. The Hall–Kier alpha value is -1.65. The van der Waals surface area contributed by atoms with E-state index in [2.05, 4.69) is 51.8 Å². The molecule has 0 bridgehead atoms. The predicted octanol–water partition coefficient (Wildman–Crippen LogP) is 2.28. The molecule has 2 heterocycles. The second kappa shape index (κ2) is 10.3. The van der Waals surface area contributed by atoms with E-state index in [1.165, 1.54) is 0 Å². The molecule has 0 aliphatic carbocycles. The molecule has 0 amide bonds. The van der Waals surface area contributed by atoms with Gasteiger partial charge in [0.25, 0.3) is 0 Å². The van der Waals surface area contributed by atoms with Gasteiger partial charge in [-0.25, -0.2) is 4.99 Å². The minimum absolute atomic E-state index is 0. The Morgan fingerprint density at radius 2 is 2.12 bits per heavy atom. The van der Waals surface area contributed by atoms with Crippen molar-refractivity contribution in [2.75, 3.05) is 6.54 Å². The maximum Gasteiger partial charge on any atom is 0.192 e. The lowest BCUT2D eigenvalue weighted by Gasteiger charge is -2.09. The van der Waals surface area contributed by atoms with Crippen LogP contribution in [-0.4, -0.2) is 32.4 Å². The van der Waals surface area contributed by atoms with Crippen LogP contribution in [-0.2, 0) is 19.6 Å². The van der Waals surface area contributed by atoms with Gasteiger partial charge in [0.2, 0.25) is 0 Å². The SMILES string of the molecule is CCNC(=NCc1nncn1CC)NCc1cc(C(C)C)no1.I. The molecule has 2 aromatic heterocycles. The monoisotopic (exact) mass is 447 g/mol. The van der Waals surface area contributed by atoms with E-state index in [1.54, 1.807) is 6.33 Å². The Morgan fingerprint density at radius 3 is 2.75 bits per heavy atom. The zero-order valence-corrected chi connectivity index (χ0v) is 16.9. The predicted molar refractivity (Wildman–Crippen MR) is 103 cm³/mol. The fourth-order valence-corrected chi connectivity index (χ4v) is 2.01. The Morgan fingerprint density at radius 1 is 1.33 bits per heavy atom. The molecule has 2 N–H and O–H groups in total. The maximum absolute atomic E-state index is 5.32. The van der Waals surface area contributed by atoms with Crippen LogP contribution in [0, 0.1) is 0 Å². The van der Waals surface area contributed by atoms with Gasteiger partial charge in [-0.3, -0.25) is 0 Å². The molecule has 0 atom stereocenters. The standard InChI is InChI=1S/C15H25N7O.HI/c1-5-16-15(18-9-14-20-19-10-22(14)6-2)17-8-12-7-13(11(3)4)21-23-12;/h7,10-11H,5-6,8-9H2,1-4H3,(H2,16,17,18);1H. The minimum atomic E-state index is 0. The number of nitrogens with zero attached hydrogens (tertiary/aromatic N) is 5. The van der Waals surface area contributed by atoms with Crippen molar-refractivity contribution in [2.45, 2.75) is 53.2 Å². The Kier molecular flexibility index (Phi) is 8.72. The van der Waals surface area contributed by atoms with Crippen LogP contribution in [0.3, 0.4) is 0 Å². The largest absolute Gasteiger partial charge is 0.359 e. The summed E-state index contributed by atoms with van der Waals surface area (Å²) < 4.78 is 7.29. The number of hydrogen-bond donors (Lipinski definition) is 2. The van der Waals surface area contributed by atoms with Crippen LogP contribution < -0.4 is 10.6 Å². The van der Waals surface area contributed by atoms with Crippen molar-refractivity contribution in [2.24, 2.45) is 4.99 Å². The first-order valence-corrected chi connectivity index (χ1v) is 7.98. The molecule has 0 fully saturated rings. The third kappa shape index (κ3) is 5.77. The maximum atomic E-state index is 5.32. The van der Waals surface area contributed by atoms with Crippen molar-refractivity contribution < 1.29 is 4.52 Å². The number of aryl methyl sites for hydroxylation is 1. The highest BCUT2D eigenvalue weighted by molar-refractivity contribution is 14.0. The molecule has 2 aromatic rings. The molecule has 134 valence electrons. The summed E-state index contributed by atoms with van der Waals surface area (Å²) in [6.45, 7) is 10.9. The summed E-state index contributed by atoms with van der Waals surface area (Å²) in [4.78, 5) is 4.53. The Bertz CT molecular complexity index is 635. The van der Waals surface area contributed by atoms with E-state index in [1.807, 2.05) is 17.6 Å². The van der Waals surface area contributed by atoms with Gasteiger partial charge in [-0.05, 0) is 19.8 Å². The van der Waals surface area contributed by atoms with Crippen LogP contribution in [0.2, 0.25) is 0 Å². The van der Waals surface area contributed by atoms with Gasteiger partial charge in [-0.1, -0.05) is 19.0 Å². The molecule has 0 unspecified atom stereocenters. The molecule has 8 nitrogen and oxygen atoms in total. The third-order valence-corrected chi connectivity index (χ3v) is 3.36. The van der Waals surface area contributed by atoms with Crippen molar-refractivity contribution in [1.82, 2.24) is 30.6 Å². The quantitative estimate of drug-likeness (QED) is 0.385. The molecule has 0 saturated carbocycles. The molecule has 0 aliphatic rings. The summed E-state index contributed by atoms with van der Waals surface area (Å²) in [5, 5.41) is 18.5. The van der Waals surface area contributed by atoms with Crippen LogP contribution in [0.25, 0.3) is 0 Å². The van der Waals surface area contributed by atoms with E-state index in [0.29, 0.717) is 25.0 Å². The zero-order chi connectivity index (χ0) is 16.7. The topological polar surface area (TPSA) is 93.2 Å². The number of hydrogen-bond acceptors (Lipinski definition) is 5. The second-order valence-electron chi connectivity index (χ2n) is 5.45. The molecule has 9 heteroatoms. The van der Waals surface area contributed by atoms with Gasteiger partial charge in [-0.15, -0.1) is 34.2 Å². The van der Waals surface area contributed by atoms with Gasteiger partial charge < -0.3 is 19.7 Å². The summed E-state index contributed by atoms with van der Waals surface area (Å²) in [5.74, 6) is 2.69. The van der Waals surface area contributed by atoms with Gasteiger partial charge in [-0.2, -0.15) is 0 Å². The molecule has 0 aliphatic heterocycles. The minimum Gasteiger partial charge on any atom is -0.359 e. The van der Waals surface area contributed by atoms with E-state index in [9.17, 15) is 0 Å². The molecular weight excluding hydrogens is 421 g/mol. The van der Waals surface area contributed by atoms with Gasteiger partial charge in [0, 0.05) is 19.2 Å². The number of nitrogens with one attached hydrogen (secondary N) is 2. The van der Waals surface area contributed by atoms with Gasteiger partial charge in [0.1, 0.15) is 12.9 Å². The lowest BCUT2D eigenvalue weighted by Crippen LogP contribution is -2.36. The Labute approximate surface area is 159 Å².